The van der Waals surface area contributed by atoms with Crippen LogP contribution in [0.25, 0.3) is 11.3 Å². The fraction of sp³-hybridized carbons (Fsp3) is 0.258. The van der Waals surface area contributed by atoms with Gasteiger partial charge in [-0.2, -0.15) is 0 Å². The second-order valence-electron chi connectivity index (χ2n) is 9.56. The number of esters is 1. The van der Waals surface area contributed by atoms with Gasteiger partial charge in [-0.1, -0.05) is 36.4 Å². The molecular weight excluding hydrogens is 508 g/mol. The van der Waals surface area contributed by atoms with Crippen molar-refractivity contribution in [1.82, 2.24) is 4.90 Å². The van der Waals surface area contributed by atoms with E-state index in [0.29, 0.717) is 47.8 Å². The first-order valence-electron chi connectivity index (χ1n) is 13.3. The highest BCUT2D eigenvalue weighted by atomic mass is 16.5. The van der Waals surface area contributed by atoms with Crippen molar-refractivity contribution in [3.63, 3.8) is 0 Å². The number of rotatable bonds is 8. The lowest BCUT2D eigenvalue weighted by Gasteiger charge is -2.28. The molecule has 3 aromatic carbocycles. The Morgan fingerprint density at radius 3 is 2.42 bits per heavy atom. The van der Waals surface area contributed by atoms with E-state index in [1.54, 1.807) is 37.1 Å². The standard InChI is InChI=1S/C31H32N4O5/c1-3-40-31(38)22-9-14-25-26(19-22)33-30(37)28(25)29(21-7-5-4-6-8-21)32-23-10-12-24(13-11-23)34(2)27(36)20-35-15-17-39-18-16-35/h4-14,19,32H,3,15-18,20H2,1-2H3,(H,33,37). The lowest BCUT2D eigenvalue weighted by atomic mass is 9.99. The van der Waals surface area contributed by atoms with Crippen LogP contribution in [0.5, 0.6) is 0 Å². The maximum atomic E-state index is 13.2. The number of amides is 2. The van der Waals surface area contributed by atoms with E-state index in [1.807, 2.05) is 54.6 Å². The van der Waals surface area contributed by atoms with Gasteiger partial charge in [0.05, 0.1) is 48.9 Å². The maximum Gasteiger partial charge on any atom is 0.338 e. The van der Waals surface area contributed by atoms with E-state index in [2.05, 4.69) is 15.5 Å². The van der Waals surface area contributed by atoms with Gasteiger partial charge in [-0.15, -0.1) is 0 Å². The number of carbonyl (C=O) groups is 3. The molecule has 0 unspecified atom stereocenters. The van der Waals surface area contributed by atoms with Gasteiger partial charge < -0.3 is 25.0 Å². The zero-order valence-corrected chi connectivity index (χ0v) is 22.6. The summed E-state index contributed by atoms with van der Waals surface area (Å²) in [7, 11) is 1.77. The number of fused-ring (bicyclic) bond motifs is 1. The van der Waals surface area contributed by atoms with Crippen LogP contribution < -0.4 is 15.5 Å². The Morgan fingerprint density at radius 1 is 1.00 bits per heavy atom. The Kier molecular flexibility index (Phi) is 8.23. The van der Waals surface area contributed by atoms with Crippen molar-refractivity contribution in [3.8, 4) is 0 Å². The quantitative estimate of drug-likeness (QED) is 0.328. The van der Waals surface area contributed by atoms with Gasteiger partial charge in [-0.3, -0.25) is 14.5 Å². The second kappa shape index (κ2) is 12.1. The lowest BCUT2D eigenvalue weighted by Crippen LogP contribution is -2.43. The van der Waals surface area contributed by atoms with Gasteiger partial charge in [-0.05, 0) is 48.9 Å². The van der Waals surface area contributed by atoms with Crippen molar-refractivity contribution in [2.45, 2.75) is 6.92 Å². The molecule has 1 fully saturated rings. The van der Waals surface area contributed by atoms with Crippen molar-refractivity contribution in [2.75, 3.05) is 62.0 Å². The summed E-state index contributed by atoms with van der Waals surface area (Å²) >= 11 is 0. The van der Waals surface area contributed by atoms with E-state index >= 15 is 0 Å². The molecular formula is C31H32N4O5. The van der Waals surface area contributed by atoms with Gasteiger partial charge in [0.1, 0.15) is 0 Å². The number of ether oxygens (including phenoxy) is 2. The fourth-order valence-corrected chi connectivity index (χ4v) is 4.76. The van der Waals surface area contributed by atoms with Crippen LogP contribution in [0.15, 0.2) is 72.8 Å². The molecule has 0 spiro atoms. The summed E-state index contributed by atoms with van der Waals surface area (Å²) in [6, 6.07) is 22.2. The molecule has 1 saturated heterocycles. The molecule has 0 saturated carbocycles. The van der Waals surface area contributed by atoms with Crippen LogP contribution in [0, 0.1) is 0 Å². The Labute approximate surface area is 233 Å². The summed E-state index contributed by atoms with van der Waals surface area (Å²) < 4.78 is 10.5. The number of benzene rings is 3. The molecule has 206 valence electrons. The van der Waals surface area contributed by atoms with Gasteiger partial charge in [0.2, 0.25) is 5.91 Å². The van der Waals surface area contributed by atoms with Gasteiger partial charge in [-0.25, -0.2) is 4.79 Å². The summed E-state index contributed by atoms with van der Waals surface area (Å²) in [5.41, 5.74) is 5.08. The summed E-state index contributed by atoms with van der Waals surface area (Å²) in [5.74, 6) is -0.699. The third-order valence-electron chi connectivity index (χ3n) is 6.95. The van der Waals surface area contributed by atoms with Gasteiger partial charge >= 0.3 is 5.97 Å². The molecule has 2 amide bonds. The van der Waals surface area contributed by atoms with Crippen molar-refractivity contribution in [2.24, 2.45) is 0 Å². The number of hydrogen-bond acceptors (Lipinski definition) is 7. The van der Waals surface area contributed by atoms with Gasteiger partial charge in [0.15, 0.2) is 0 Å². The summed E-state index contributed by atoms with van der Waals surface area (Å²) in [4.78, 5) is 42.1. The van der Waals surface area contributed by atoms with Crippen molar-refractivity contribution in [1.29, 1.82) is 0 Å². The molecule has 0 aromatic heterocycles. The first kappa shape index (κ1) is 27.1. The molecule has 0 atom stereocenters. The number of nitrogens with one attached hydrogen (secondary N) is 2. The predicted octanol–water partition coefficient (Wildman–Crippen LogP) is 4.09. The predicted molar refractivity (Wildman–Crippen MR) is 155 cm³/mol. The van der Waals surface area contributed by atoms with Gasteiger partial charge in [0, 0.05) is 37.1 Å². The Bertz CT molecular complexity index is 1430. The number of anilines is 3. The fourth-order valence-electron chi connectivity index (χ4n) is 4.76. The molecule has 5 rings (SSSR count). The highest BCUT2D eigenvalue weighted by molar-refractivity contribution is 6.37. The molecule has 40 heavy (non-hydrogen) atoms. The molecule has 2 N–H and O–H groups in total. The smallest absolute Gasteiger partial charge is 0.338 e. The molecule has 0 radical (unpaired) electrons. The first-order chi connectivity index (χ1) is 19.4. The zero-order valence-electron chi connectivity index (χ0n) is 22.6. The molecule has 9 heteroatoms. The Hall–Kier alpha value is -4.47. The number of likely N-dealkylation sites (N-methyl/N-ethyl adjacent to an activating group) is 1. The summed E-state index contributed by atoms with van der Waals surface area (Å²) in [6.45, 7) is 5.15. The average Bonchev–Trinajstić information content (AvgIpc) is 3.31. The number of morpholine rings is 1. The topological polar surface area (TPSA) is 100 Å². The number of nitrogens with zero attached hydrogens (tertiary/aromatic N) is 2. The van der Waals surface area contributed by atoms with Crippen LogP contribution in [0.4, 0.5) is 17.1 Å². The highest BCUT2D eigenvalue weighted by Gasteiger charge is 2.29. The van der Waals surface area contributed by atoms with Crippen molar-refractivity contribution >= 4 is 46.1 Å². The monoisotopic (exact) mass is 540 g/mol. The SMILES string of the molecule is CCOC(=O)c1ccc2c(c1)NC(=O)C2=C(Nc1ccc(N(C)C(=O)CN2CCOCC2)cc1)c1ccccc1. The van der Waals surface area contributed by atoms with Crippen molar-refractivity contribution in [3.05, 3.63) is 89.5 Å². The molecule has 2 aliphatic heterocycles. The van der Waals surface area contributed by atoms with Crippen LogP contribution >= 0.6 is 0 Å². The average molecular weight is 541 g/mol. The normalized spacial score (nSPS) is 16.1. The molecule has 0 bridgehead atoms. The highest BCUT2D eigenvalue weighted by Crippen LogP contribution is 2.38. The minimum absolute atomic E-state index is 0.0103. The van der Waals surface area contributed by atoms with E-state index in [9.17, 15) is 14.4 Å². The summed E-state index contributed by atoms with van der Waals surface area (Å²) in [5, 5.41) is 6.32. The maximum absolute atomic E-state index is 13.2. The molecule has 3 aromatic rings. The van der Waals surface area contributed by atoms with Gasteiger partial charge in [0.25, 0.3) is 5.91 Å². The number of hydrogen-bond donors (Lipinski definition) is 2. The minimum atomic E-state index is -0.438. The summed E-state index contributed by atoms with van der Waals surface area (Å²) in [6.07, 6.45) is 0. The Morgan fingerprint density at radius 2 is 1.73 bits per heavy atom. The van der Waals surface area contributed by atoms with Crippen LogP contribution in [0.2, 0.25) is 0 Å². The Balaban J connectivity index is 1.41. The third kappa shape index (κ3) is 5.90. The minimum Gasteiger partial charge on any atom is -0.462 e. The van der Waals surface area contributed by atoms with Crippen LogP contribution in [-0.4, -0.2) is 69.2 Å². The molecule has 9 nitrogen and oxygen atoms in total. The number of carbonyl (C=O) groups excluding carboxylic acids is 3. The lowest BCUT2D eigenvalue weighted by molar-refractivity contribution is -0.120. The first-order valence-corrected chi connectivity index (χ1v) is 13.3. The van der Waals surface area contributed by atoms with Crippen molar-refractivity contribution < 1.29 is 23.9 Å². The van der Waals surface area contributed by atoms with Crippen LogP contribution in [-0.2, 0) is 19.1 Å². The van der Waals surface area contributed by atoms with E-state index in [4.69, 9.17) is 9.47 Å². The largest absolute Gasteiger partial charge is 0.462 e. The van der Waals surface area contributed by atoms with E-state index in [-0.39, 0.29) is 18.4 Å². The molecule has 0 aliphatic carbocycles. The van der Waals surface area contributed by atoms with E-state index in [1.165, 1.54) is 0 Å². The molecule has 2 aliphatic rings. The third-order valence-corrected chi connectivity index (χ3v) is 6.95. The van der Waals surface area contributed by atoms with E-state index < -0.39 is 5.97 Å². The second-order valence-corrected chi connectivity index (χ2v) is 9.56. The van der Waals surface area contributed by atoms with Crippen LogP contribution in [0.1, 0.15) is 28.4 Å². The zero-order chi connectivity index (χ0) is 28.1. The van der Waals surface area contributed by atoms with Crippen LogP contribution in [0.3, 0.4) is 0 Å². The molecule has 2 heterocycles. The van der Waals surface area contributed by atoms with E-state index in [0.717, 1.165) is 30.0 Å².